The summed E-state index contributed by atoms with van der Waals surface area (Å²) in [6.07, 6.45) is 4.09. The second kappa shape index (κ2) is 5.67. The van der Waals surface area contributed by atoms with E-state index < -0.39 is 0 Å². The van der Waals surface area contributed by atoms with Crippen LogP contribution in [-0.4, -0.2) is 23.4 Å². The van der Waals surface area contributed by atoms with Crippen molar-refractivity contribution in [3.63, 3.8) is 0 Å². The minimum atomic E-state index is 0.739. The number of thiophene rings is 1. The molecule has 0 bridgehead atoms. The molecule has 0 spiro atoms. The predicted molar refractivity (Wildman–Crippen MR) is 70.8 cm³/mol. The van der Waals surface area contributed by atoms with Crippen LogP contribution in [0.2, 0.25) is 0 Å². The average Bonchev–Trinajstić information content (AvgIpc) is 2.48. The molecule has 0 aromatic carbocycles. The second-order valence-corrected chi connectivity index (χ2v) is 6.26. The molecule has 2 rings (SSSR count). The van der Waals surface area contributed by atoms with Crippen LogP contribution in [0.5, 0.6) is 0 Å². The van der Waals surface area contributed by atoms with Crippen LogP contribution in [-0.2, 0) is 6.54 Å². The number of nitrogens with zero attached hydrogens (tertiary/aromatic N) is 1. The molecule has 1 saturated carbocycles. The van der Waals surface area contributed by atoms with E-state index in [1.807, 2.05) is 11.3 Å². The fraction of sp³-hybridized carbons (Fsp3) is 0.636. The van der Waals surface area contributed by atoms with Gasteiger partial charge in [0.05, 0.1) is 0 Å². The molecule has 1 fully saturated rings. The van der Waals surface area contributed by atoms with Crippen LogP contribution in [0, 0.1) is 0 Å². The largest absolute Gasteiger partial charge is 0.294 e. The third-order valence-corrected chi connectivity index (χ3v) is 4.79. The second-order valence-electron chi connectivity index (χ2n) is 3.98. The number of alkyl halides is 1. The van der Waals surface area contributed by atoms with Crippen LogP contribution in [0.3, 0.4) is 0 Å². The fourth-order valence-corrected chi connectivity index (χ4v) is 3.58. The molecule has 0 amide bonds. The molecular formula is C11H15BrClNS. The zero-order valence-corrected chi connectivity index (χ0v) is 11.7. The molecule has 1 nitrogen and oxygen atoms in total. The van der Waals surface area contributed by atoms with Gasteiger partial charge in [0, 0.05) is 39.7 Å². The van der Waals surface area contributed by atoms with E-state index in [1.54, 1.807) is 0 Å². The van der Waals surface area contributed by atoms with Crippen LogP contribution in [0.1, 0.15) is 24.1 Å². The van der Waals surface area contributed by atoms with Gasteiger partial charge in [0.2, 0.25) is 0 Å². The Morgan fingerprint density at radius 3 is 2.80 bits per heavy atom. The lowest BCUT2D eigenvalue weighted by atomic mass is 9.91. The molecule has 0 N–H and O–H groups in total. The molecule has 1 heterocycles. The highest BCUT2D eigenvalue weighted by molar-refractivity contribution is 9.10. The van der Waals surface area contributed by atoms with E-state index in [-0.39, 0.29) is 0 Å². The highest BCUT2D eigenvalue weighted by Crippen LogP contribution is 2.28. The maximum absolute atomic E-state index is 5.85. The molecule has 15 heavy (non-hydrogen) atoms. The molecular weight excluding hydrogens is 294 g/mol. The molecule has 1 aromatic rings. The summed E-state index contributed by atoms with van der Waals surface area (Å²) in [4.78, 5) is 3.95. The molecule has 1 aromatic heterocycles. The van der Waals surface area contributed by atoms with Gasteiger partial charge < -0.3 is 0 Å². The Kier molecular flexibility index (Phi) is 4.50. The van der Waals surface area contributed by atoms with Gasteiger partial charge in [0.15, 0.2) is 0 Å². The van der Waals surface area contributed by atoms with Crippen molar-refractivity contribution in [3.8, 4) is 0 Å². The molecule has 0 saturated heterocycles. The lowest BCUT2D eigenvalue weighted by Gasteiger charge is -2.37. The fourth-order valence-electron chi connectivity index (χ4n) is 1.89. The van der Waals surface area contributed by atoms with Crippen molar-refractivity contribution in [2.75, 3.05) is 12.4 Å². The number of rotatable bonds is 5. The zero-order valence-electron chi connectivity index (χ0n) is 8.59. The van der Waals surface area contributed by atoms with E-state index in [1.165, 1.54) is 28.6 Å². The molecule has 0 aliphatic heterocycles. The summed E-state index contributed by atoms with van der Waals surface area (Å²) in [7, 11) is 0. The first-order valence-electron chi connectivity index (χ1n) is 5.32. The SMILES string of the molecule is ClCCN(Cc1cc(Br)cs1)C1CCC1. The number of hydrogen-bond donors (Lipinski definition) is 0. The van der Waals surface area contributed by atoms with Gasteiger partial charge in [-0.2, -0.15) is 0 Å². The summed E-state index contributed by atoms with van der Waals surface area (Å²) >= 11 is 11.2. The first-order chi connectivity index (χ1) is 7.29. The van der Waals surface area contributed by atoms with Gasteiger partial charge in [-0.15, -0.1) is 22.9 Å². The quantitative estimate of drug-likeness (QED) is 0.740. The van der Waals surface area contributed by atoms with Crippen molar-refractivity contribution < 1.29 is 0 Å². The van der Waals surface area contributed by atoms with Crippen molar-refractivity contribution in [3.05, 3.63) is 20.8 Å². The summed E-state index contributed by atoms with van der Waals surface area (Å²) in [6.45, 7) is 2.08. The Balaban J connectivity index is 1.93. The van der Waals surface area contributed by atoms with Gasteiger partial charge in [-0.25, -0.2) is 0 Å². The first-order valence-corrected chi connectivity index (χ1v) is 7.53. The van der Waals surface area contributed by atoms with Gasteiger partial charge in [-0.1, -0.05) is 6.42 Å². The van der Waals surface area contributed by atoms with Gasteiger partial charge >= 0.3 is 0 Å². The average molecular weight is 309 g/mol. The van der Waals surface area contributed by atoms with Crippen LogP contribution in [0.4, 0.5) is 0 Å². The minimum Gasteiger partial charge on any atom is -0.294 e. The standard InChI is InChI=1S/C11H15BrClNS/c12-9-6-11(15-8-9)7-14(5-4-13)10-2-1-3-10/h6,8,10H,1-5,7H2. The summed E-state index contributed by atoms with van der Waals surface area (Å²) in [6, 6.07) is 2.99. The monoisotopic (exact) mass is 307 g/mol. The highest BCUT2D eigenvalue weighted by atomic mass is 79.9. The summed E-state index contributed by atoms with van der Waals surface area (Å²) < 4.78 is 1.20. The molecule has 4 heteroatoms. The zero-order chi connectivity index (χ0) is 10.7. The van der Waals surface area contributed by atoms with Crippen molar-refractivity contribution >= 4 is 38.9 Å². The van der Waals surface area contributed by atoms with Crippen molar-refractivity contribution in [2.24, 2.45) is 0 Å². The third kappa shape index (κ3) is 3.19. The smallest absolute Gasteiger partial charge is 0.0351 e. The Bertz CT molecular complexity index is 311. The Morgan fingerprint density at radius 1 is 1.53 bits per heavy atom. The van der Waals surface area contributed by atoms with Crippen molar-refractivity contribution in [1.29, 1.82) is 0 Å². The highest BCUT2D eigenvalue weighted by Gasteiger charge is 2.24. The number of halogens is 2. The molecule has 1 aliphatic rings. The maximum atomic E-state index is 5.85. The van der Waals surface area contributed by atoms with Crippen molar-refractivity contribution in [1.82, 2.24) is 4.90 Å². The third-order valence-electron chi connectivity index (χ3n) is 2.94. The molecule has 0 radical (unpaired) electrons. The lowest BCUT2D eigenvalue weighted by molar-refractivity contribution is 0.128. The molecule has 1 aliphatic carbocycles. The van der Waals surface area contributed by atoms with E-state index in [9.17, 15) is 0 Å². The topological polar surface area (TPSA) is 3.24 Å². The van der Waals surface area contributed by atoms with Gasteiger partial charge in [0.1, 0.15) is 0 Å². The Labute approximate surface area is 109 Å². The van der Waals surface area contributed by atoms with Crippen LogP contribution >= 0.6 is 38.9 Å². The summed E-state index contributed by atoms with van der Waals surface area (Å²) in [5.41, 5.74) is 0. The van der Waals surface area contributed by atoms with Gasteiger partial charge in [-0.05, 0) is 34.8 Å². The summed E-state index contributed by atoms with van der Waals surface area (Å²) in [5.74, 6) is 0.739. The summed E-state index contributed by atoms with van der Waals surface area (Å²) in [5, 5.41) is 2.15. The minimum absolute atomic E-state index is 0.739. The predicted octanol–water partition coefficient (Wildman–Crippen LogP) is 4.10. The lowest BCUT2D eigenvalue weighted by Crippen LogP contribution is -2.40. The molecule has 0 atom stereocenters. The van der Waals surface area contributed by atoms with Crippen LogP contribution < -0.4 is 0 Å². The number of hydrogen-bond acceptors (Lipinski definition) is 2. The molecule has 0 unspecified atom stereocenters. The molecule has 84 valence electrons. The Hall–Kier alpha value is 0.430. The van der Waals surface area contributed by atoms with Gasteiger partial charge in [0.25, 0.3) is 0 Å². The van der Waals surface area contributed by atoms with E-state index in [2.05, 4.69) is 32.3 Å². The normalized spacial score (nSPS) is 17.0. The van der Waals surface area contributed by atoms with Crippen LogP contribution in [0.15, 0.2) is 15.9 Å². The van der Waals surface area contributed by atoms with Crippen molar-refractivity contribution in [2.45, 2.75) is 31.8 Å². The Morgan fingerprint density at radius 2 is 2.33 bits per heavy atom. The van der Waals surface area contributed by atoms with Gasteiger partial charge in [-0.3, -0.25) is 4.90 Å². The van der Waals surface area contributed by atoms with E-state index in [0.29, 0.717) is 0 Å². The first kappa shape index (κ1) is 11.9. The van der Waals surface area contributed by atoms with E-state index >= 15 is 0 Å². The van der Waals surface area contributed by atoms with E-state index in [0.717, 1.165) is 25.0 Å². The van der Waals surface area contributed by atoms with Crippen LogP contribution in [0.25, 0.3) is 0 Å². The maximum Gasteiger partial charge on any atom is 0.0351 e. The van der Waals surface area contributed by atoms with E-state index in [4.69, 9.17) is 11.6 Å².